The molecule has 4 rings (SSSR count). The topological polar surface area (TPSA) is 73.6 Å². The number of nitrogens with zero attached hydrogens (tertiary/aromatic N) is 2. The van der Waals surface area contributed by atoms with Gasteiger partial charge in [-0.05, 0) is 62.4 Å². The monoisotopic (exact) mass is 370 g/mol. The summed E-state index contributed by atoms with van der Waals surface area (Å²) < 4.78 is 5.63. The third kappa shape index (κ3) is 2.64. The summed E-state index contributed by atoms with van der Waals surface area (Å²) in [5.74, 6) is 1.32. The standard InChI is InChI=1S/C22H30N2O3/c1-13-6-8-24(19-17(13)10-22(4,12-25)27-20(19)26)18-9-16-14(2)21(3,11-23)7-5-15(16)18/h6,8,13-16,18,25H,5,7,9-10,12H2,1-4H3/t13?,14?,15?,16?,18?,21-,22?/m1/s1. The third-order valence-electron chi connectivity index (χ3n) is 7.89. The summed E-state index contributed by atoms with van der Waals surface area (Å²) in [7, 11) is 0. The Kier molecular flexibility index (Phi) is 4.19. The van der Waals surface area contributed by atoms with Crippen molar-refractivity contribution in [2.45, 2.75) is 65.0 Å². The van der Waals surface area contributed by atoms with Crippen LogP contribution in [0.4, 0.5) is 0 Å². The molecular formula is C22H30N2O3. The average molecular weight is 370 g/mol. The van der Waals surface area contributed by atoms with Crippen LogP contribution in [0.5, 0.6) is 0 Å². The van der Waals surface area contributed by atoms with Crippen LogP contribution in [0.1, 0.15) is 53.4 Å². The number of ether oxygens (including phenoxy) is 1. The van der Waals surface area contributed by atoms with Gasteiger partial charge in [-0.1, -0.05) is 19.9 Å². The molecule has 0 radical (unpaired) electrons. The summed E-state index contributed by atoms with van der Waals surface area (Å²) >= 11 is 0. The van der Waals surface area contributed by atoms with Gasteiger partial charge in [0.25, 0.3) is 0 Å². The van der Waals surface area contributed by atoms with Crippen LogP contribution in [0.15, 0.2) is 23.5 Å². The van der Waals surface area contributed by atoms with E-state index in [1.165, 1.54) is 0 Å². The lowest BCUT2D eigenvalue weighted by Crippen LogP contribution is -2.59. The first-order valence-corrected chi connectivity index (χ1v) is 10.2. The highest BCUT2D eigenvalue weighted by molar-refractivity contribution is 5.91. The lowest BCUT2D eigenvalue weighted by molar-refractivity contribution is -0.164. The van der Waals surface area contributed by atoms with Gasteiger partial charge >= 0.3 is 5.97 Å². The number of nitriles is 1. The quantitative estimate of drug-likeness (QED) is 0.755. The minimum Gasteiger partial charge on any atom is -0.452 e. The van der Waals surface area contributed by atoms with Gasteiger partial charge in [0, 0.05) is 18.7 Å². The molecule has 146 valence electrons. The minimum absolute atomic E-state index is 0.162. The molecule has 2 aliphatic carbocycles. The SMILES string of the molecule is CC1C=CN(C2CC3C2CC[C@](C)(C#N)C3C)C2=C1CC(C)(CO)OC2=O. The lowest BCUT2D eigenvalue weighted by atomic mass is 9.50. The maximum absolute atomic E-state index is 12.9. The third-order valence-corrected chi connectivity index (χ3v) is 7.89. The summed E-state index contributed by atoms with van der Waals surface area (Å²) in [5, 5.41) is 19.3. The number of carbonyl (C=O) groups excluding carboxylic acids is 1. The Bertz CT molecular complexity index is 766. The van der Waals surface area contributed by atoms with E-state index in [2.05, 4.69) is 44.0 Å². The fraction of sp³-hybridized carbons (Fsp3) is 0.727. The summed E-state index contributed by atoms with van der Waals surface area (Å²) in [6.07, 6.45) is 7.79. The molecule has 2 aliphatic heterocycles. The number of hydrogen-bond donors (Lipinski definition) is 1. The molecule has 2 fully saturated rings. The maximum Gasteiger partial charge on any atom is 0.355 e. The fourth-order valence-corrected chi connectivity index (χ4v) is 5.69. The summed E-state index contributed by atoms with van der Waals surface area (Å²) in [6, 6.07) is 2.85. The van der Waals surface area contributed by atoms with E-state index in [1.807, 2.05) is 0 Å². The zero-order valence-electron chi connectivity index (χ0n) is 16.7. The fourth-order valence-electron chi connectivity index (χ4n) is 5.69. The highest BCUT2D eigenvalue weighted by Crippen LogP contribution is 2.57. The van der Waals surface area contributed by atoms with Crippen molar-refractivity contribution in [3.8, 4) is 6.07 Å². The highest BCUT2D eigenvalue weighted by atomic mass is 16.6. The van der Waals surface area contributed by atoms with Gasteiger partial charge in [0.15, 0.2) is 0 Å². The van der Waals surface area contributed by atoms with E-state index in [0.717, 1.165) is 24.8 Å². The number of carbonyl (C=O) groups is 1. The molecule has 2 saturated carbocycles. The van der Waals surface area contributed by atoms with E-state index >= 15 is 0 Å². The van der Waals surface area contributed by atoms with Crippen molar-refractivity contribution in [2.75, 3.05) is 6.61 Å². The van der Waals surface area contributed by atoms with Crippen molar-refractivity contribution < 1.29 is 14.6 Å². The second-order valence-electron chi connectivity index (χ2n) is 9.57. The summed E-state index contributed by atoms with van der Waals surface area (Å²) in [6.45, 7) is 8.05. The van der Waals surface area contributed by atoms with E-state index in [-0.39, 0.29) is 23.9 Å². The number of fused-ring (bicyclic) bond motifs is 1. The van der Waals surface area contributed by atoms with E-state index < -0.39 is 5.60 Å². The Morgan fingerprint density at radius 3 is 2.78 bits per heavy atom. The van der Waals surface area contributed by atoms with Gasteiger partial charge in [-0.2, -0.15) is 5.26 Å². The molecule has 6 unspecified atom stereocenters. The number of allylic oxidation sites excluding steroid dienone is 1. The van der Waals surface area contributed by atoms with Crippen LogP contribution in [0.25, 0.3) is 0 Å². The molecule has 2 heterocycles. The molecule has 0 amide bonds. The van der Waals surface area contributed by atoms with Crippen molar-refractivity contribution in [1.82, 2.24) is 4.90 Å². The normalized spacial score (nSPS) is 46.1. The Labute approximate surface area is 161 Å². The van der Waals surface area contributed by atoms with E-state index in [0.29, 0.717) is 35.9 Å². The number of esters is 1. The van der Waals surface area contributed by atoms with E-state index in [4.69, 9.17) is 4.74 Å². The predicted octanol–water partition coefficient (Wildman–Crippen LogP) is 3.37. The first-order chi connectivity index (χ1) is 12.7. The van der Waals surface area contributed by atoms with Crippen LogP contribution in [0.3, 0.4) is 0 Å². The highest BCUT2D eigenvalue weighted by Gasteiger charge is 2.56. The zero-order valence-corrected chi connectivity index (χ0v) is 16.7. The van der Waals surface area contributed by atoms with Crippen LogP contribution >= 0.6 is 0 Å². The molecule has 0 spiro atoms. The Morgan fingerprint density at radius 2 is 2.11 bits per heavy atom. The van der Waals surface area contributed by atoms with Crippen LogP contribution in [0.2, 0.25) is 0 Å². The maximum atomic E-state index is 12.9. The van der Waals surface area contributed by atoms with Crippen molar-refractivity contribution in [3.05, 3.63) is 23.5 Å². The first kappa shape index (κ1) is 18.6. The Morgan fingerprint density at radius 1 is 1.37 bits per heavy atom. The number of aliphatic hydroxyl groups excluding tert-OH is 1. The van der Waals surface area contributed by atoms with Gasteiger partial charge in [-0.25, -0.2) is 4.79 Å². The molecule has 5 nitrogen and oxygen atoms in total. The average Bonchev–Trinajstić information content (AvgIpc) is 2.61. The van der Waals surface area contributed by atoms with E-state index in [9.17, 15) is 15.2 Å². The molecule has 0 aromatic heterocycles. The molecule has 0 bridgehead atoms. The van der Waals surface area contributed by atoms with Crippen molar-refractivity contribution >= 4 is 5.97 Å². The molecular weight excluding hydrogens is 340 g/mol. The van der Waals surface area contributed by atoms with Gasteiger partial charge in [0.1, 0.15) is 11.3 Å². The van der Waals surface area contributed by atoms with Gasteiger partial charge in [0.2, 0.25) is 0 Å². The smallest absolute Gasteiger partial charge is 0.355 e. The zero-order chi connectivity index (χ0) is 19.6. The van der Waals surface area contributed by atoms with Crippen molar-refractivity contribution in [1.29, 1.82) is 5.26 Å². The van der Waals surface area contributed by atoms with Gasteiger partial charge in [-0.15, -0.1) is 0 Å². The van der Waals surface area contributed by atoms with Crippen molar-refractivity contribution in [2.24, 2.45) is 29.1 Å². The molecule has 5 heteroatoms. The number of rotatable bonds is 2. The molecule has 27 heavy (non-hydrogen) atoms. The van der Waals surface area contributed by atoms with Crippen LogP contribution in [-0.2, 0) is 9.53 Å². The van der Waals surface area contributed by atoms with Crippen LogP contribution < -0.4 is 0 Å². The van der Waals surface area contributed by atoms with Gasteiger partial charge < -0.3 is 14.7 Å². The minimum atomic E-state index is -0.822. The molecule has 4 aliphatic rings. The van der Waals surface area contributed by atoms with Gasteiger partial charge in [-0.3, -0.25) is 0 Å². The summed E-state index contributed by atoms with van der Waals surface area (Å²) in [4.78, 5) is 15.0. The number of aliphatic hydroxyl groups is 1. The summed E-state index contributed by atoms with van der Waals surface area (Å²) in [5.41, 5.74) is 0.729. The van der Waals surface area contributed by atoms with Crippen LogP contribution in [-0.4, -0.2) is 34.2 Å². The largest absolute Gasteiger partial charge is 0.452 e. The van der Waals surface area contributed by atoms with Crippen LogP contribution in [0, 0.1) is 40.4 Å². The second-order valence-corrected chi connectivity index (χ2v) is 9.57. The number of cyclic esters (lactones) is 1. The second kappa shape index (κ2) is 6.10. The lowest BCUT2D eigenvalue weighted by Gasteiger charge is -2.59. The molecule has 1 N–H and O–H groups in total. The van der Waals surface area contributed by atoms with E-state index in [1.54, 1.807) is 6.92 Å². The molecule has 7 atom stereocenters. The Hall–Kier alpha value is -1.80. The first-order valence-electron chi connectivity index (χ1n) is 10.2. The molecule has 0 aromatic carbocycles. The van der Waals surface area contributed by atoms with Crippen molar-refractivity contribution in [3.63, 3.8) is 0 Å². The molecule has 0 saturated heterocycles. The molecule has 0 aromatic rings. The van der Waals surface area contributed by atoms with Gasteiger partial charge in [0.05, 0.1) is 18.1 Å². The predicted molar refractivity (Wildman–Crippen MR) is 101 cm³/mol. The number of hydrogen-bond acceptors (Lipinski definition) is 5. The Balaban J connectivity index is 1.60.